The molecule has 1 fully saturated rings. The number of benzene rings is 1. The van der Waals surface area contributed by atoms with Gasteiger partial charge >= 0.3 is 0 Å². The topological polar surface area (TPSA) is 35.8 Å². The van der Waals surface area contributed by atoms with Crippen LogP contribution in [0.15, 0.2) is 18.2 Å². The van der Waals surface area contributed by atoms with E-state index < -0.39 is 0 Å². The molecule has 1 saturated heterocycles. The van der Waals surface area contributed by atoms with Crippen molar-refractivity contribution >= 4 is 29.1 Å². The van der Waals surface area contributed by atoms with Gasteiger partial charge in [-0.25, -0.2) is 0 Å². The molecule has 0 amide bonds. The summed E-state index contributed by atoms with van der Waals surface area (Å²) in [5, 5.41) is 12.7. The zero-order valence-electron chi connectivity index (χ0n) is 9.58. The van der Waals surface area contributed by atoms with Crippen LogP contribution in [0.3, 0.4) is 0 Å². The van der Waals surface area contributed by atoms with E-state index in [9.17, 15) is 0 Å². The molecule has 1 N–H and O–H groups in total. The molecule has 0 unspecified atom stereocenters. The van der Waals surface area contributed by atoms with E-state index in [1.165, 1.54) is 24.3 Å². The number of hydrogen-bond donors (Lipinski definition) is 1. The minimum absolute atomic E-state index is 0.525. The summed E-state index contributed by atoms with van der Waals surface area (Å²) in [5.74, 6) is 3.33. The van der Waals surface area contributed by atoms with Crippen LogP contribution in [0.4, 0.5) is 5.69 Å². The van der Waals surface area contributed by atoms with E-state index in [1.54, 1.807) is 6.07 Å². The Morgan fingerprint density at radius 2 is 2.18 bits per heavy atom. The van der Waals surface area contributed by atoms with Gasteiger partial charge in [-0.15, -0.1) is 0 Å². The molecule has 1 aliphatic rings. The van der Waals surface area contributed by atoms with Crippen LogP contribution in [-0.2, 0) is 0 Å². The lowest BCUT2D eigenvalue weighted by atomic mass is 10.0. The number of halogens is 1. The molecule has 1 heterocycles. The summed E-state index contributed by atoms with van der Waals surface area (Å²) < 4.78 is 0. The standard InChI is InChI=1S/C13H15ClN2S/c14-13-7-12(2-1-11(13)8-15)16-9-10-3-5-17-6-4-10/h1-2,7,10,16H,3-6,9H2. The highest BCUT2D eigenvalue weighted by atomic mass is 35.5. The van der Waals surface area contributed by atoms with E-state index in [0.29, 0.717) is 10.6 Å². The number of nitrogens with zero attached hydrogens (tertiary/aromatic N) is 1. The fourth-order valence-corrected chi connectivity index (χ4v) is 3.36. The Balaban J connectivity index is 1.90. The van der Waals surface area contributed by atoms with E-state index in [2.05, 4.69) is 11.4 Å². The Bertz CT molecular complexity index is 422. The van der Waals surface area contributed by atoms with Crippen LogP contribution in [0.1, 0.15) is 18.4 Å². The third kappa shape index (κ3) is 3.55. The highest BCUT2D eigenvalue weighted by Crippen LogP contribution is 2.24. The van der Waals surface area contributed by atoms with E-state index in [-0.39, 0.29) is 0 Å². The SMILES string of the molecule is N#Cc1ccc(NCC2CCSCC2)cc1Cl. The molecule has 4 heteroatoms. The largest absolute Gasteiger partial charge is 0.385 e. The average Bonchev–Trinajstić information content (AvgIpc) is 2.38. The number of thioether (sulfide) groups is 1. The molecule has 1 aromatic rings. The lowest BCUT2D eigenvalue weighted by molar-refractivity contribution is 0.516. The third-order valence-electron chi connectivity index (χ3n) is 3.03. The van der Waals surface area contributed by atoms with E-state index in [1.807, 2.05) is 23.9 Å². The highest BCUT2D eigenvalue weighted by molar-refractivity contribution is 7.99. The van der Waals surface area contributed by atoms with E-state index in [4.69, 9.17) is 16.9 Å². The third-order valence-corrected chi connectivity index (χ3v) is 4.39. The number of nitrogens with one attached hydrogen (secondary N) is 1. The maximum absolute atomic E-state index is 8.79. The van der Waals surface area contributed by atoms with Gasteiger partial charge in [0.15, 0.2) is 0 Å². The van der Waals surface area contributed by atoms with Crippen LogP contribution in [-0.4, -0.2) is 18.1 Å². The summed E-state index contributed by atoms with van der Waals surface area (Å²) in [7, 11) is 0. The predicted octanol–water partition coefficient (Wildman–Crippen LogP) is 3.77. The molecule has 0 atom stereocenters. The van der Waals surface area contributed by atoms with Crippen molar-refractivity contribution in [1.82, 2.24) is 0 Å². The smallest absolute Gasteiger partial charge is 0.101 e. The Morgan fingerprint density at radius 3 is 2.82 bits per heavy atom. The minimum atomic E-state index is 0.525. The summed E-state index contributed by atoms with van der Waals surface area (Å²) in [6.45, 7) is 1.00. The van der Waals surface area contributed by atoms with Crippen LogP contribution < -0.4 is 5.32 Å². The average molecular weight is 267 g/mol. The summed E-state index contributed by atoms with van der Waals surface area (Å²) >= 11 is 8.03. The number of nitriles is 1. The summed E-state index contributed by atoms with van der Waals surface area (Å²) in [5.41, 5.74) is 1.54. The van der Waals surface area contributed by atoms with Crippen molar-refractivity contribution in [1.29, 1.82) is 5.26 Å². The monoisotopic (exact) mass is 266 g/mol. The van der Waals surface area contributed by atoms with Gasteiger partial charge in [-0.1, -0.05) is 11.6 Å². The first-order valence-corrected chi connectivity index (χ1v) is 7.34. The lowest BCUT2D eigenvalue weighted by Crippen LogP contribution is -2.19. The van der Waals surface area contributed by atoms with Crippen molar-refractivity contribution in [3.05, 3.63) is 28.8 Å². The van der Waals surface area contributed by atoms with E-state index >= 15 is 0 Å². The molecule has 0 bridgehead atoms. The Labute approximate surface area is 111 Å². The molecule has 2 nitrogen and oxygen atoms in total. The Morgan fingerprint density at radius 1 is 1.41 bits per heavy atom. The van der Waals surface area contributed by atoms with Gasteiger partial charge in [0.1, 0.15) is 6.07 Å². The van der Waals surface area contributed by atoms with Crippen LogP contribution in [0.5, 0.6) is 0 Å². The van der Waals surface area contributed by atoms with Crippen LogP contribution in [0.25, 0.3) is 0 Å². The number of rotatable bonds is 3. The zero-order chi connectivity index (χ0) is 12.1. The molecular formula is C13H15ClN2S. The van der Waals surface area contributed by atoms with Crippen LogP contribution >= 0.6 is 23.4 Å². The van der Waals surface area contributed by atoms with Gasteiger partial charge in [-0.05, 0) is 48.5 Å². The predicted molar refractivity (Wildman–Crippen MR) is 74.7 cm³/mol. The van der Waals surface area contributed by atoms with Crippen LogP contribution in [0, 0.1) is 17.2 Å². The molecule has 0 aromatic heterocycles. The summed E-state index contributed by atoms with van der Waals surface area (Å²) in [4.78, 5) is 0. The minimum Gasteiger partial charge on any atom is -0.385 e. The first kappa shape index (κ1) is 12.6. The van der Waals surface area contributed by atoms with Crippen molar-refractivity contribution in [2.75, 3.05) is 23.4 Å². The molecule has 1 aromatic carbocycles. The molecular weight excluding hydrogens is 252 g/mol. The molecule has 0 saturated carbocycles. The number of hydrogen-bond acceptors (Lipinski definition) is 3. The second kappa shape index (κ2) is 6.18. The Kier molecular flexibility index (Phi) is 4.58. The molecule has 0 aliphatic carbocycles. The zero-order valence-corrected chi connectivity index (χ0v) is 11.2. The molecule has 2 rings (SSSR count). The number of anilines is 1. The lowest BCUT2D eigenvalue weighted by Gasteiger charge is -2.22. The fraction of sp³-hybridized carbons (Fsp3) is 0.462. The molecule has 0 spiro atoms. The second-order valence-corrected chi connectivity index (χ2v) is 5.88. The maximum atomic E-state index is 8.79. The van der Waals surface area contributed by atoms with Gasteiger partial charge in [-0.3, -0.25) is 0 Å². The molecule has 1 aliphatic heterocycles. The summed E-state index contributed by atoms with van der Waals surface area (Å²) in [6.07, 6.45) is 2.59. The van der Waals surface area contributed by atoms with Crippen molar-refractivity contribution in [3.63, 3.8) is 0 Å². The van der Waals surface area contributed by atoms with Crippen molar-refractivity contribution in [2.45, 2.75) is 12.8 Å². The van der Waals surface area contributed by atoms with Gasteiger partial charge < -0.3 is 5.32 Å². The molecule has 0 radical (unpaired) electrons. The highest BCUT2D eigenvalue weighted by Gasteiger charge is 2.13. The van der Waals surface area contributed by atoms with Gasteiger partial charge in [0, 0.05) is 12.2 Å². The summed E-state index contributed by atoms with van der Waals surface area (Å²) in [6, 6.07) is 7.58. The first-order valence-electron chi connectivity index (χ1n) is 5.81. The van der Waals surface area contributed by atoms with Gasteiger partial charge in [0.25, 0.3) is 0 Å². The quantitative estimate of drug-likeness (QED) is 0.905. The van der Waals surface area contributed by atoms with Crippen molar-refractivity contribution < 1.29 is 0 Å². The van der Waals surface area contributed by atoms with E-state index in [0.717, 1.165) is 18.2 Å². The first-order chi connectivity index (χ1) is 8.29. The van der Waals surface area contributed by atoms with Gasteiger partial charge in [-0.2, -0.15) is 17.0 Å². The molecule has 17 heavy (non-hydrogen) atoms. The van der Waals surface area contributed by atoms with Crippen LogP contribution in [0.2, 0.25) is 5.02 Å². The maximum Gasteiger partial charge on any atom is 0.101 e. The normalized spacial score (nSPS) is 16.5. The fourth-order valence-electron chi connectivity index (χ4n) is 1.93. The Hall–Kier alpha value is -0.850. The molecule has 90 valence electrons. The van der Waals surface area contributed by atoms with Gasteiger partial charge in [0.05, 0.1) is 10.6 Å². The van der Waals surface area contributed by atoms with Gasteiger partial charge in [0.2, 0.25) is 0 Å². The van der Waals surface area contributed by atoms with Crippen molar-refractivity contribution in [2.24, 2.45) is 5.92 Å². The second-order valence-electron chi connectivity index (χ2n) is 4.24. The van der Waals surface area contributed by atoms with Crippen molar-refractivity contribution in [3.8, 4) is 6.07 Å².